The zero-order valence-electron chi connectivity index (χ0n) is 13.7. The Morgan fingerprint density at radius 3 is 2.50 bits per heavy atom. The molecule has 0 saturated carbocycles. The number of rotatable bonds is 3. The van der Waals surface area contributed by atoms with Gasteiger partial charge in [-0.25, -0.2) is 0 Å². The van der Waals surface area contributed by atoms with Gasteiger partial charge in [-0.15, -0.1) is 0 Å². The van der Waals surface area contributed by atoms with Crippen LogP contribution in [-0.2, 0) is 9.53 Å². The molecule has 3 rings (SSSR count). The molecule has 4 nitrogen and oxygen atoms in total. The molecule has 0 N–H and O–H groups in total. The fraction of sp³-hybridized carbons (Fsp3) is 0.611. The van der Waals surface area contributed by atoms with Crippen LogP contribution in [-0.4, -0.2) is 42.2 Å². The molecule has 4 heteroatoms. The van der Waals surface area contributed by atoms with Crippen LogP contribution in [0.5, 0.6) is 5.75 Å². The minimum atomic E-state index is -0.0546. The summed E-state index contributed by atoms with van der Waals surface area (Å²) in [6, 6.07) is 6.22. The summed E-state index contributed by atoms with van der Waals surface area (Å²) in [5, 5.41) is 0. The zero-order valence-corrected chi connectivity index (χ0v) is 13.7. The van der Waals surface area contributed by atoms with Gasteiger partial charge in [-0.1, -0.05) is 6.07 Å². The van der Waals surface area contributed by atoms with Gasteiger partial charge in [0, 0.05) is 19.5 Å². The largest absolute Gasteiger partial charge is 0.490 e. The third kappa shape index (κ3) is 3.27. The molecule has 0 radical (unpaired) electrons. The molecular weight excluding hydrogens is 278 g/mol. The summed E-state index contributed by atoms with van der Waals surface area (Å²) in [5.74, 6) is 0.900. The second-order valence-corrected chi connectivity index (χ2v) is 6.60. The van der Waals surface area contributed by atoms with E-state index in [9.17, 15) is 4.79 Å². The van der Waals surface area contributed by atoms with Gasteiger partial charge in [0.2, 0.25) is 0 Å². The van der Waals surface area contributed by atoms with Crippen molar-refractivity contribution in [3.63, 3.8) is 0 Å². The van der Waals surface area contributed by atoms with Crippen LogP contribution >= 0.6 is 0 Å². The Morgan fingerprint density at radius 2 is 1.91 bits per heavy atom. The molecule has 0 spiro atoms. The molecule has 2 fully saturated rings. The maximum Gasteiger partial charge on any atom is 0.323 e. The van der Waals surface area contributed by atoms with Crippen LogP contribution in [0.2, 0.25) is 0 Å². The number of cyclic esters (lactones) is 1. The van der Waals surface area contributed by atoms with Crippen molar-refractivity contribution in [1.82, 2.24) is 4.90 Å². The molecule has 0 aliphatic carbocycles. The van der Waals surface area contributed by atoms with Crippen LogP contribution in [0.25, 0.3) is 0 Å². The highest BCUT2D eigenvalue weighted by atomic mass is 16.6. The van der Waals surface area contributed by atoms with Crippen LogP contribution in [0, 0.1) is 13.8 Å². The summed E-state index contributed by atoms with van der Waals surface area (Å²) in [5.41, 5.74) is 2.55. The van der Waals surface area contributed by atoms with E-state index in [1.807, 2.05) is 13.0 Å². The van der Waals surface area contributed by atoms with E-state index in [1.54, 1.807) is 0 Å². The second-order valence-electron chi connectivity index (χ2n) is 6.60. The van der Waals surface area contributed by atoms with E-state index in [4.69, 9.17) is 9.47 Å². The molecular formula is C18H25NO3. The number of carbonyl (C=O) groups is 1. The van der Waals surface area contributed by atoms with Crippen molar-refractivity contribution in [3.05, 3.63) is 29.3 Å². The number of nitrogens with zero attached hydrogens (tertiary/aromatic N) is 1. The maximum absolute atomic E-state index is 11.8. The number of ether oxygens (including phenoxy) is 2. The van der Waals surface area contributed by atoms with Gasteiger partial charge in [0.1, 0.15) is 24.0 Å². The Kier molecular flexibility index (Phi) is 4.39. The number of piperidine rings is 1. The molecule has 0 bridgehead atoms. The lowest BCUT2D eigenvalue weighted by atomic mass is 10.0. The van der Waals surface area contributed by atoms with Gasteiger partial charge < -0.3 is 9.47 Å². The molecule has 0 aromatic heterocycles. The van der Waals surface area contributed by atoms with Gasteiger partial charge in [-0.05, 0) is 56.9 Å². The molecule has 1 aromatic rings. The quantitative estimate of drug-likeness (QED) is 0.805. The highest BCUT2D eigenvalue weighted by Gasteiger charge is 2.38. The van der Waals surface area contributed by atoms with E-state index in [0.29, 0.717) is 0 Å². The lowest BCUT2D eigenvalue weighted by molar-refractivity contribution is -0.145. The minimum absolute atomic E-state index is 0.0439. The Balaban J connectivity index is 1.53. The van der Waals surface area contributed by atoms with Crippen molar-refractivity contribution in [2.45, 2.75) is 58.3 Å². The summed E-state index contributed by atoms with van der Waals surface area (Å²) in [6.07, 6.45) is 3.05. The number of benzene rings is 1. The first-order valence-corrected chi connectivity index (χ1v) is 8.21. The first-order chi connectivity index (χ1) is 10.5. The van der Waals surface area contributed by atoms with Crippen molar-refractivity contribution in [1.29, 1.82) is 0 Å². The van der Waals surface area contributed by atoms with Crippen molar-refractivity contribution in [3.8, 4) is 5.75 Å². The highest BCUT2D eigenvalue weighted by Crippen LogP contribution is 2.26. The predicted octanol–water partition coefficient (Wildman–Crippen LogP) is 2.85. The van der Waals surface area contributed by atoms with Crippen molar-refractivity contribution >= 4 is 5.97 Å². The predicted molar refractivity (Wildman–Crippen MR) is 85.1 cm³/mol. The lowest BCUT2D eigenvalue weighted by Crippen LogP contribution is -2.46. The summed E-state index contributed by atoms with van der Waals surface area (Å²) in [4.78, 5) is 14.1. The SMILES string of the molecule is Cc1ccc(OC2CCN([C@@H]3C[C@@H](C)OC3=O)CC2)cc1C. The van der Waals surface area contributed by atoms with E-state index in [0.717, 1.165) is 38.1 Å². The number of hydrogen-bond donors (Lipinski definition) is 0. The summed E-state index contributed by atoms with van der Waals surface area (Å²) >= 11 is 0. The minimum Gasteiger partial charge on any atom is -0.490 e. The van der Waals surface area contributed by atoms with Crippen molar-refractivity contribution in [2.75, 3.05) is 13.1 Å². The lowest BCUT2D eigenvalue weighted by Gasteiger charge is -2.34. The number of aryl methyl sites for hydroxylation is 2. The Morgan fingerprint density at radius 1 is 1.18 bits per heavy atom. The molecule has 120 valence electrons. The average Bonchev–Trinajstić information content (AvgIpc) is 2.83. The Hall–Kier alpha value is -1.55. The first kappa shape index (κ1) is 15.3. The molecule has 0 unspecified atom stereocenters. The Labute approximate surface area is 132 Å². The number of esters is 1. The van der Waals surface area contributed by atoms with Gasteiger partial charge in [-0.3, -0.25) is 9.69 Å². The molecule has 2 aliphatic rings. The third-order valence-corrected chi connectivity index (χ3v) is 4.84. The molecule has 2 aliphatic heterocycles. The topological polar surface area (TPSA) is 38.8 Å². The monoisotopic (exact) mass is 303 g/mol. The summed E-state index contributed by atoms with van der Waals surface area (Å²) < 4.78 is 11.4. The maximum atomic E-state index is 11.8. The number of carbonyl (C=O) groups excluding carboxylic acids is 1. The van der Waals surface area contributed by atoms with E-state index in [2.05, 4.69) is 30.9 Å². The molecule has 22 heavy (non-hydrogen) atoms. The smallest absolute Gasteiger partial charge is 0.323 e. The van der Waals surface area contributed by atoms with Gasteiger partial charge in [0.15, 0.2) is 0 Å². The van der Waals surface area contributed by atoms with Crippen LogP contribution in [0.4, 0.5) is 0 Å². The zero-order chi connectivity index (χ0) is 15.7. The van der Waals surface area contributed by atoms with E-state index < -0.39 is 0 Å². The summed E-state index contributed by atoms with van der Waals surface area (Å²) in [6.45, 7) is 7.99. The summed E-state index contributed by atoms with van der Waals surface area (Å²) in [7, 11) is 0. The van der Waals surface area contributed by atoms with Gasteiger partial charge in [-0.2, -0.15) is 0 Å². The van der Waals surface area contributed by atoms with E-state index in [1.165, 1.54) is 11.1 Å². The van der Waals surface area contributed by atoms with Crippen LogP contribution < -0.4 is 4.74 Å². The van der Waals surface area contributed by atoms with E-state index >= 15 is 0 Å². The normalized spacial score (nSPS) is 27.0. The third-order valence-electron chi connectivity index (χ3n) is 4.84. The number of hydrogen-bond acceptors (Lipinski definition) is 4. The average molecular weight is 303 g/mol. The fourth-order valence-electron chi connectivity index (χ4n) is 3.32. The van der Waals surface area contributed by atoms with Crippen molar-refractivity contribution < 1.29 is 14.3 Å². The molecule has 2 saturated heterocycles. The fourth-order valence-corrected chi connectivity index (χ4v) is 3.32. The van der Waals surface area contributed by atoms with Crippen LogP contribution in [0.1, 0.15) is 37.3 Å². The highest BCUT2D eigenvalue weighted by molar-refractivity contribution is 5.78. The van der Waals surface area contributed by atoms with E-state index in [-0.39, 0.29) is 24.2 Å². The second kappa shape index (κ2) is 6.29. The van der Waals surface area contributed by atoms with Gasteiger partial charge in [0.05, 0.1) is 0 Å². The van der Waals surface area contributed by atoms with Crippen LogP contribution in [0.15, 0.2) is 18.2 Å². The molecule has 2 heterocycles. The molecule has 1 aromatic carbocycles. The molecule has 2 atom stereocenters. The first-order valence-electron chi connectivity index (χ1n) is 8.21. The molecule has 0 amide bonds. The van der Waals surface area contributed by atoms with Gasteiger partial charge >= 0.3 is 5.97 Å². The number of likely N-dealkylation sites (tertiary alicyclic amines) is 1. The van der Waals surface area contributed by atoms with Crippen LogP contribution in [0.3, 0.4) is 0 Å². The standard InChI is InChI=1S/C18H25NO3/c1-12-4-5-16(10-13(12)2)22-15-6-8-19(9-7-15)17-11-14(3)21-18(17)20/h4-5,10,14-15,17H,6-9,11H2,1-3H3/t14-,17-/m1/s1. The Bertz CT molecular complexity index is 549. The van der Waals surface area contributed by atoms with Gasteiger partial charge in [0.25, 0.3) is 0 Å². The van der Waals surface area contributed by atoms with Crippen molar-refractivity contribution in [2.24, 2.45) is 0 Å².